The molecule has 5 rings (SSSR count). The van der Waals surface area contributed by atoms with Crippen LogP contribution in [-0.4, -0.2) is 92.4 Å². The number of nitrogens with zero attached hydrogens (tertiary/aromatic N) is 3. The average Bonchev–Trinajstić information content (AvgIpc) is 3.18. The van der Waals surface area contributed by atoms with Gasteiger partial charge in [-0.05, 0) is 44.9 Å². The highest BCUT2D eigenvalue weighted by Crippen LogP contribution is 2.31. The Bertz CT molecular complexity index is 1250. The fourth-order valence-corrected chi connectivity index (χ4v) is 4.91. The van der Waals surface area contributed by atoms with E-state index in [1.807, 2.05) is 26.0 Å². The third kappa shape index (κ3) is 5.89. The lowest BCUT2D eigenvalue weighted by molar-refractivity contribution is -0.164. The van der Waals surface area contributed by atoms with E-state index in [0.717, 1.165) is 21.8 Å². The van der Waals surface area contributed by atoms with Crippen LogP contribution in [0.3, 0.4) is 0 Å². The lowest BCUT2D eigenvalue weighted by atomic mass is 10.0. The van der Waals surface area contributed by atoms with Crippen LogP contribution in [0.25, 0.3) is 21.8 Å². The Morgan fingerprint density at radius 1 is 1.28 bits per heavy atom. The number of carbonyl (C=O) groups excluding carboxylic acids is 1. The predicted molar refractivity (Wildman–Crippen MR) is 138 cm³/mol. The van der Waals surface area contributed by atoms with Crippen LogP contribution in [0.2, 0.25) is 5.02 Å². The van der Waals surface area contributed by atoms with E-state index >= 15 is 0 Å². The quantitative estimate of drug-likeness (QED) is 0.388. The first-order valence-electron chi connectivity index (χ1n) is 11.9. The Kier molecular flexibility index (Phi) is 7.70. The number of H-pyrrole nitrogens is 1. The number of amides is 1. The minimum Gasteiger partial charge on any atom is -0.480 e. The fraction of sp³-hybridized carbons (Fsp3) is 0.480. The van der Waals surface area contributed by atoms with E-state index in [1.54, 1.807) is 28.3 Å². The molecule has 2 aliphatic rings. The number of likely N-dealkylation sites (tertiary alicyclic amines) is 1. The maximum atomic E-state index is 12.3. The van der Waals surface area contributed by atoms with Crippen LogP contribution in [-0.2, 0) is 14.3 Å². The highest BCUT2D eigenvalue weighted by Gasteiger charge is 2.39. The zero-order valence-electron chi connectivity index (χ0n) is 20.4. The zero-order chi connectivity index (χ0) is 26.0. The number of carboxylic acid groups (broad SMARTS) is 1. The molecule has 1 unspecified atom stereocenters. The van der Waals surface area contributed by atoms with E-state index in [0.29, 0.717) is 43.2 Å². The number of hydrogen-bond donors (Lipinski definition) is 4. The Balaban J connectivity index is 0.000000178. The SMILES string of the molecule is CC1(C)CN(CC(=O)N2CCC(O)CC2)C(C(=O)O)CO1.Nc1cc(Cl)cc2c1[nH]c1cnccc12. The van der Waals surface area contributed by atoms with E-state index in [4.69, 9.17) is 22.1 Å². The van der Waals surface area contributed by atoms with Gasteiger partial charge in [0.15, 0.2) is 0 Å². The molecule has 2 aliphatic heterocycles. The van der Waals surface area contributed by atoms with Gasteiger partial charge in [-0.2, -0.15) is 0 Å². The molecule has 2 saturated heterocycles. The Labute approximate surface area is 214 Å². The number of nitrogen functional groups attached to an aromatic ring is 1. The van der Waals surface area contributed by atoms with Gasteiger partial charge in [-0.3, -0.25) is 19.5 Å². The van der Waals surface area contributed by atoms with Gasteiger partial charge >= 0.3 is 5.97 Å². The molecule has 2 aromatic heterocycles. The number of aliphatic hydroxyl groups is 1. The highest BCUT2D eigenvalue weighted by atomic mass is 35.5. The molecule has 36 heavy (non-hydrogen) atoms. The molecule has 0 bridgehead atoms. The number of nitrogens with two attached hydrogens (primary N) is 1. The van der Waals surface area contributed by atoms with Crippen LogP contribution >= 0.6 is 11.6 Å². The number of benzene rings is 1. The molecule has 11 heteroatoms. The van der Waals surface area contributed by atoms with Gasteiger partial charge in [0, 0.05) is 41.6 Å². The van der Waals surface area contributed by atoms with Gasteiger partial charge in [0.25, 0.3) is 0 Å². The number of morpholine rings is 1. The number of ether oxygens (including phenoxy) is 1. The van der Waals surface area contributed by atoms with E-state index in [2.05, 4.69) is 9.97 Å². The number of piperidine rings is 1. The van der Waals surface area contributed by atoms with Crippen molar-refractivity contribution >= 4 is 51.0 Å². The molecule has 1 atom stereocenters. The standard InChI is InChI=1S/C14H24N2O5.C11H8ClN3/c1-14(2)9-16(11(8-21-14)13(19)20)7-12(18)15-5-3-10(17)4-6-15;12-6-3-8-7-1-2-14-5-10(7)15-11(8)9(13)4-6/h10-11,17H,3-9H2,1-2H3,(H,19,20);1-5,15H,13H2. The minimum absolute atomic E-state index is 0.0779. The number of hydrogen-bond acceptors (Lipinski definition) is 7. The number of aromatic nitrogens is 2. The highest BCUT2D eigenvalue weighted by molar-refractivity contribution is 6.32. The molecule has 0 spiro atoms. The Hall–Kier alpha value is -2.92. The van der Waals surface area contributed by atoms with Crippen molar-refractivity contribution in [3.8, 4) is 0 Å². The summed E-state index contributed by atoms with van der Waals surface area (Å²) in [5.41, 5.74) is 7.98. The first-order valence-corrected chi connectivity index (χ1v) is 12.3. The minimum atomic E-state index is -0.965. The second kappa shape index (κ2) is 10.6. The molecular formula is C25H32ClN5O5. The number of aliphatic hydroxyl groups excluding tert-OH is 1. The van der Waals surface area contributed by atoms with Gasteiger partial charge in [-0.25, -0.2) is 0 Å². The number of pyridine rings is 1. The molecular weight excluding hydrogens is 486 g/mol. The van der Waals surface area contributed by atoms with Gasteiger partial charge in [0.05, 0.1) is 47.8 Å². The molecule has 2 fully saturated rings. The molecule has 0 aliphatic carbocycles. The summed E-state index contributed by atoms with van der Waals surface area (Å²) in [5.74, 6) is -1.04. The smallest absolute Gasteiger partial charge is 0.323 e. The van der Waals surface area contributed by atoms with Crippen molar-refractivity contribution in [2.24, 2.45) is 0 Å². The number of aromatic amines is 1. The van der Waals surface area contributed by atoms with Crippen LogP contribution in [0.4, 0.5) is 5.69 Å². The maximum Gasteiger partial charge on any atom is 0.323 e. The normalized spacial score (nSPS) is 20.8. The molecule has 0 radical (unpaired) electrons. The van der Waals surface area contributed by atoms with Gasteiger partial charge in [0.1, 0.15) is 6.04 Å². The van der Waals surface area contributed by atoms with Crippen molar-refractivity contribution in [3.05, 3.63) is 35.6 Å². The number of rotatable bonds is 3. The number of fused-ring (bicyclic) bond motifs is 3. The summed E-state index contributed by atoms with van der Waals surface area (Å²) in [6, 6.07) is 4.82. The van der Waals surface area contributed by atoms with Crippen LogP contribution in [0.15, 0.2) is 30.6 Å². The van der Waals surface area contributed by atoms with Gasteiger partial charge in [-0.1, -0.05) is 11.6 Å². The lowest BCUT2D eigenvalue weighted by Gasteiger charge is -2.42. The first kappa shape index (κ1) is 26.2. The van der Waals surface area contributed by atoms with Crippen LogP contribution < -0.4 is 5.73 Å². The topological polar surface area (TPSA) is 145 Å². The van der Waals surface area contributed by atoms with E-state index in [-0.39, 0.29) is 25.2 Å². The molecule has 1 aromatic carbocycles. The average molecular weight is 518 g/mol. The molecule has 3 aromatic rings. The first-order chi connectivity index (χ1) is 17.0. The summed E-state index contributed by atoms with van der Waals surface area (Å²) >= 11 is 5.97. The number of carboxylic acids is 1. The van der Waals surface area contributed by atoms with Gasteiger partial charge in [-0.15, -0.1) is 0 Å². The number of anilines is 1. The summed E-state index contributed by atoms with van der Waals surface area (Å²) in [5, 5.41) is 21.5. The number of carbonyl (C=O) groups is 2. The number of aliphatic carboxylic acids is 1. The second-order valence-corrected chi connectivity index (χ2v) is 10.3. The monoisotopic (exact) mass is 517 g/mol. The Morgan fingerprint density at radius 2 is 2.00 bits per heavy atom. The third-order valence-electron chi connectivity index (χ3n) is 6.60. The molecule has 1 amide bonds. The number of nitrogens with one attached hydrogen (secondary N) is 1. The van der Waals surface area contributed by atoms with Crippen molar-refractivity contribution in [1.82, 2.24) is 19.8 Å². The summed E-state index contributed by atoms with van der Waals surface area (Å²) in [4.78, 5) is 34.3. The fourth-order valence-electron chi connectivity index (χ4n) is 4.68. The van der Waals surface area contributed by atoms with E-state index in [9.17, 15) is 19.8 Å². The molecule has 5 N–H and O–H groups in total. The van der Waals surface area contributed by atoms with Crippen molar-refractivity contribution in [3.63, 3.8) is 0 Å². The molecule has 194 valence electrons. The summed E-state index contributed by atoms with van der Waals surface area (Å²) in [6.07, 6.45) is 4.38. The third-order valence-corrected chi connectivity index (χ3v) is 6.82. The maximum absolute atomic E-state index is 12.3. The number of halogens is 1. The Morgan fingerprint density at radius 3 is 2.69 bits per heavy atom. The van der Waals surface area contributed by atoms with Crippen molar-refractivity contribution in [2.45, 2.75) is 44.4 Å². The predicted octanol–water partition coefficient (Wildman–Crippen LogP) is 2.49. The molecule has 4 heterocycles. The largest absolute Gasteiger partial charge is 0.480 e. The van der Waals surface area contributed by atoms with Gasteiger partial charge in [0.2, 0.25) is 5.91 Å². The van der Waals surface area contributed by atoms with Crippen molar-refractivity contribution in [2.75, 3.05) is 38.5 Å². The van der Waals surface area contributed by atoms with E-state index < -0.39 is 17.6 Å². The molecule has 0 saturated carbocycles. The van der Waals surface area contributed by atoms with Crippen molar-refractivity contribution in [1.29, 1.82) is 0 Å². The van der Waals surface area contributed by atoms with Crippen LogP contribution in [0, 0.1) is 0 Å². The zero-order valence-corrected chi connectivity index (χ0v) is 21.2. The van der Waals surface area contributed by atoms with Crippen LogP contribution in [0.1, 0.15) is 26.7 Å². The van der Waals surface area contributed by atoms with E-state index in [1.165, 1.54) is 0 Å². The summed E-state index contributed by atoms with van der Waals surface area (Å²) < 4.78 is 5.53. The second-order valence-electron chi connectivity index (χ2n) is 9.91. The summed E-state index contributed by atoms with van der Waals surface area (Å²) in [7, 11) is 0. The van der Waals surface area contributed by atoms with Gasteiger partial charge < -0.3 is 30.6 Å². The van der Waals surface area contributed by atoms with Crippen LogP contribution in [0.5, 0.6) is 0 Å². The summed E-state index contributed by atoms with van der Waals surface area (Å²) in [6.45, 7) is 5.43. The van der Waals surface area contributed by atoms with Crippen molar-refractivity contribution < 1.29 is 24.5 Å². The lowest BCUT2D eigenvalue weighted by Crippen LogP contribution is -2.59. The molecule has 10 nitrogen and oxygen atoms in total.